The van der Waals surface area contributed by atoms with Gasteiger partial charge >= 0.3 is 5.97 Å². The van der Waals surface area contributed by atoms with Crippen LogP contribution in [-0.4, -0.2) is 111 Å². The number of aliphatic carboxylic acids is 1. The van der Waals surface area contributed by atoms with Gasteiger partial charge in [0.2, 0.25) is 11.8 Å². The van der Waals surface area contributed by atoms with E-state index < -0.39 is 5.97 Å². The summed E-state index contributed by atoms with van der Waals surface area (Å²) in [6, 6.07) is 0. The van der Waals surface area contributed by atoms with E-state index in [4.69, 9.17) is 5.11 Å². The standard InChI is InChI=1S/C16H33N5O4/c1-5-19(11-14(22)17-3)7-9-21(13-16(24)25)10-8-20(6-2)12-15(23)18-4/h5-13H2,1-4H3,(H,17,22)(H,18,23)(H,24,25). The van der Waals surface area contributed by atoms with E-state index in [9.17, 15) is 14.4 Å². The van der Waals surface area contributed by atoms with Gasteiger partial charge in [0.25, 0.3) is 0 Å². The van der Waals surface area contributed by atoms with Crippen LogP contribution in [-0.2, 0) is 14.4 Å². The maximum absolute atomic E-state index is 11.5. The average Bonchev–Trinajstić information content (AvgIpc) is 2.60. The predicted molar refractivity (Wildman–Crippen MR) is 96.4 cm³/mol. The fourth-order valence-corrected chi connectivity index (χ4v) is 2.29. The van der Waals surface area contributed by atoms with Crippen LogP contribution >= 0.6 is 0 Å². The minimum absolute atomic E-state index is 0.0605. The van der Waals surface area contributed by atoms with E-state index in [2.05, 4.69) is 10.6 Å². The number of nitrogens with zero attached hydrogens (tertiary/aromatic N) is 3. The van der Waals surface area contributed by atoms with Gasteiger partial charge < -0.3 is 15.7 Å². The zero-order valence-corrected chi connectivity index (χ0v) is 15.9. The first-order chi connectivity index (χ1) is 11.9. The molecule has 0 aliphatic rings. The number of nitrogens with one attached hydrogen (secondary N) is 2. The van der Waals surface area contributed by atoms with Gasteiger partial charge in [-0.25, -0.2) is 0 Å². The number of carbonyl (C=O) groups is 3. The second-order valence-electron chi connectivity index (χ2n) is 5.75. The molecule has 0 saturated carbocycles. The van der Waals surface area contributed by atoms with Gasteiger partial charge in [-0.15, -0.1) is 0 Å². The largest absolute Gasteiger partial charge is 0.480 e. The minimum atomic E-state index is -0.885. The molecule has 146 valence electrons. The van der Waals surface area contributed by atoms with Crippen molar-refractivity contribution in [2.75, 3.05) is 73.0 Å². The van der Waals surface area contributed by atoms with Crippen molar-refractivity contribution in [1.29, 1.82) is 0 Å². The highest BCUT2D eigenvalue weighted by Gasteiger charge is 2.15. The molecular formula is C16H33N5O4. The first-order valence-electron chi connectivity index (χ1n) is 8.66. The molecule has 0 saturated heterocycles. The molecule has 0 rings (SSSR count). The van der Waals surface area contributed by atoms with E-state index >= 15 is 0 Å². The van der Waals surface area contributed by atoms with Gasteiger partial charge in [0.15, 0.2) is 0 Å². The molecule has 0 bridgehead atoms. The van der Waals surface area contributed by atoms with Crippen molar-refractivity contribution in [2.24, 2.45) is 0 Å². The normalized spacial score (nSPS) is 11.2. The van der Waals surface area contributed by atoms with Crippen LogP contribution in [0.5, 0.6) is 0 Å². The topological polar surface area (TPSA) is 105 Å². The number of amides is 2. The molecule has 0 aromatic carbocycles. The Kier molecular flexibility index (Phi) is 12.6. The number of carboxylic acids is 1. The van der Waals surface area contributed by atoms with E-state index in [0.29, 0.717) is 52.4 Å². The third-order valence-corrected chi connectivity index (χ3v) is 4.01. The predicted octanol–water partition coefficient (Wildman–Crippen LogP) is -1.49. The lowest BCUT2D eigenvalue weighted by molar-refractivity contribution is -0.138. The van der Waals surface area contributed by atoms with E-state index in [0.717, 1.165) is 0 Å². The van der Waals surface area contributed by atoms with Crippen LogP contribution in [0.25, 0.3) is 0 Å². The fraction of sp³-hybridized carbons (Fsp3) is 0.812. The van der Waals surface area contributed by atoms with Crippen LogP contribution in [0.2, 0.25) is 0 Å². The van der Waals surface area contributed by atoms with E-state index in [1.807, 2.05) is 28.5 Å². The zero-order valence-electron chi connectivity index (χ0n) is 15.9. The molecular weight excluding hydrogens is 326 g/mol. The summed E-state index contributed by atoms with van der Waals surface area (Å²) in [5.41, 5.74) is 0. The van der Waals surface area contributed by atoms with Crippen molar-refractivity contribution in [3.8, 4) is 0 Å². The third kappa shape index (κ3) is 11.5. The van der Waals surface area contributed by atoms with Crippen molar-refractivity contribution in [3.05, 3.63) is 0 Å². The number of rotatable bonds is 14. The molecule has 9 heteroatoms. The Bertz CT molecular complexity index is 389. The van der Waals surface area contributed by atoms with Gasteiger partial charge in [-0.05, 0) is 13.1 Å². The zero-order chi connectivity index (χ0) is 19.2. The molecule has 0 aromatic rings. The summed E-state index contributed by atoms with van der Waals surface area (Å²) in [4.78, 5) is 39.8. The van der Waals surface area contributed by atoms with Gasteiger partial charge in [0.1, 0.15) is 0 Å². The Morgan fingerprint density at radius 1 is 0.720 bits per heavy atom. The molecule has 0 fully saturated rings. The van der Waals surface area contributed by atoms with Crippen molar-refractivity contribution >= 4 is 17.8 Å². The highest BCUT2D eigenvalue weighted by molar-refractivity contribution is 5.78. The number of likely N-dealkylation sites (N-methyl/N-ethyl adjacent to an activating group) is 4. The molecule has 9 nitrogen and oxygen atoms in total. The van der Waals surface area contributed by atoms with Crippen LogP contribution < -0.4 is 10.6 Å². The van der Waals surface area contributed by atoms with Crippen LogP contribution in [0.4, 0.5) is 0 Å². The lowest BCUT2D eigenvalue weighted by Crippen LogP contribution is -2.45. The Balaban J connectivity index is 4.54. The van der Waals surface area contributed by atoms with Crippen LogP contribution in [0.3, 0.4) is 0 Å². The Morgan fingerprint density at radius 3 is 1.36 bits per heavy atom. The van der Waals surface area contributed by atoms with Crippen LogP contribution in [0.1, 0.15) is 13.8 Å². The molecule has 2 amide bonds. The Labute approximate surface area is 150 Å². The average molecular weight is 359 g/mol. The SMILES string of the molecule is CCN(CCN(CCN(CC)CC(=O)NC)CC(=O)O)CC(=O)NC. The highest BCUT2D eigenvalue weighted by Crippen LogP contribution is 1.96. The Morgan fingerprint density at radius 2 is 1.08 bits per heavy atom. The molecule has 0 aliphatic carbocycles. The van der Waals surface area contributed by atoms with Crippen molar-refractivity contribution in [3.63, 3.8) is 0 Å². The fourth-order valence-electron chi connectivity index (χ4n) is 2.29. The van der Waals surface area contributed by atoms with Gasteiger partial charge in [0.05, 0.1) is 19.6 Å². The molecule has 3 N–H and O–H groups in total. The quantitative estimate of drug-likeness (QED) is 0.347. The summed E-state index contributed by atoms with van der Waals surface area (Å²) in [5.74, 6) is -1.01. The molecule has 0 aliphatic heterocycles. The van der Waals surface area contributed by atoms with Gasteiger partial charge in [-0.1, -0.05) is 13.8 Å². The lowest BCUT2D eigenvalue weighted by Gasteiger charge is -2.28. The van der Waals surface area contributed by atoms with E-state index in [1.165, 1.54) is 0 Å². The minimum Gasteiger partial charge on any atom is -0.480 e. The summed E-state index contributed by atoms with van der Waals surface area (Å²) >= 11 is 0. The molecule has 0 atom stereocenters. The van der Waals surface area contributed by atoms with Gasteiger partial charge in [-0.3, -0.25) is 29.1 Å². The molecule has 0 aromatic heterocycles. The second kappa shape index (κ2) is 13.6. The number of hydrogen-bond acceptors (Lipinski definition) is 6. The summed E-state index contributed by atoms with van der Waals surface area (Å²) in [7, 11) is 3.19. The summed E-state index contributed by atoms with van der Waals surface area (Å²) in [5, 5.41) is 14.3. The smallest absolute Gasteiger partial charge is 0.317 e. The van der Waals surface area contributed by atoms with Gasteiger partial charge in [0, 0.05) is 40.3 Å². The second-order valence-corrected chi connectivity index (χ2v) is 5.75. The maximum atomic E-state index is 11.5. The first-order valence-corrected chi connectivity index (χ1v) is 8.66. The lowest BCUT2D eigenvalue weighted by atomic mass is 10.3. The summed E-state index contributed by atoms with van der Waals surface area (Å²) < 4.78 is 0. The number of hydrogen-bond donors (Lipinski definition) is 3. The summed E-state index contributed by atoms with van der Waals surface area (Å²) in [6.07, 6.45) is 0. The number of carbonyl (C=O) groups excluding carboxylic acids is 2. The monoisotopic (exact) mass is 359 g/mol. The van der Waals surface area contributed by atoms with Crippen molar-refractivity contribution in [1.82, 2.24) is 25.3 Å². The van der Waals surface area contributed by atoms with Crippen LogP contribution in [0.15, 0.2) is 0 Å². The first kappa shape index (κ1) is 23.3. The maximum Gasteiger partial charge on any atom is 0.317 e. The number of carboxylic acid groups (broad SMARTS) is 1. The molecule has 0 heterocycles. The molecule has 0 radical (unpaired) electrons. The van der Waals surface area contributed by atoms with Gasteiger partial charge in [-0.2, -0.15) is 0 Å². The molecule has 0 unspecified atom stereocenters. The highest BCUT2D eigenvalue weighted by atomic mass is 16.4. The van der Waals surface area contributed by atoms with Crippen molar-refractivity contribution < 1.29 is 19.5 Å². The summed E-state index contributed by atoms with van der Waals surface area (Å²) in [6.45, 7) is 8.21. The molecule has 0 spiro atoms. The third-order valence-electron chi connectivity index (χ3n) is 4.01. The molecule has 25 heavy (non-hydrogen) atoms. The van der Waals surface area contributed by atoms with Crippen LogP contribution in [0, 0.1) is 0 Å². The van der Waals surface area contributed by atoms with E-state index in [1.54, 1.807) is 14.1 Å². The van der Waals surface area contributed by atoms with Crippen molar-refractivity contribution in [2.45, 2.75) is 13.8 Å². The Hall–Kier alpha value is -1.71. The van der Waals surface area contributed by atoms with E-state index in [-0.39, 0.29) is 18.4 Å².